The van der Waals surface area contributed by atoms with Crippen molar-refractivity contribution >= 4 is 17.3 Å². The van der Waals surface area contributed by atoms with Crippen LogP contribution in [0.3, 0.4) is 0 Å². The Labute approximate surface area is 109 Å². The van der Waals surface area contributed by atoms with Crippen molar-refractivity contribution < 1.29 is 9.90 Å². The molecule has 0 unspecified atom stereocenters. The zero-order valence-electron chi connectivity index (χ0n) is 10.0. The van der Waals surface area contributed by atoms with Gasteiger partial charge in [0.15, 0.2) is 0 Å². The smallest absolute Gasteiger partial charge is 0.365 e. The van der Waals surface area contributed by atoms with Crippen LogP contribution in [0.15, 0.2) is 29.6 Å². The standard InChI is InChI=1S/C13H14N2O2S/c1-9-3-2-4-10(5-9)6-14-7-11-8-18-12(15-11)13(16)17/h2-5,8,14H,6-7H2,1H3,(H,16,17). The second kappa shape index (κ2) is 5.75. The van der Waals surface area contributed by atoms with Gasteiger partial charge in [0.2, 0.25) is 5.01 Å². The van der Waals surface area contributed by atoms with Crippen LogP contribution in [0.4, 0.5) is 0 Å². The molecule has 2 rings (SSSR count). The quantitative estimate of drug-likeness (QED) is 0.868. The first-order chi connectivity index (χ1) is 8.65. The number of hydrogen-bond donors (Lipinski definition) is 2. The number of benzene rings is 1. The highest BCUT2D eigenvalue weighted by atomic mass is 32.1. The van der Waals surface area contributed by atoms with Crippen LogP contribution in [0.2, 0.25) is 0 Å². The highest BCUT2D eigenvalue weighted by Gasteiger charge is 2.08. The molecular weight excluding hydrogens is 248 g/mol. The Kier molecular flexibility index (Phi) is 4.07. The second-order valence-corrected chi connectivity index (χ2v) is 4.90. The third kappa shape index (κ3) is 3.38. The predicted molar refractivity (Wildman–Crippen MR) is 70.8 cm³/mol. The molecule has 94 valence electrons. The lowest BCUT2D eigenvalue weighted by Crippen LogP contribution is -2.13. The summed E-state index contributed by atoms with van der Waals surface area (Å²) in [5.41, 5.74) is 3.21. The summed E-state index contributed by atoms with van der Waals surface area (Å²) in [6.45, 7) is 3.39. The summed E-state index contributed by atoms with van der Waals surface area (Å²) in [5, 5.41) is 13.9. The molecule has 2 N–H and O–H groups in total. The van der Waals surface area contributed by atoms with Gasteiger partial charge in [0.25, 0.3) is 0 Å². The van der Waals surface area contributed by atoms with Crippen molar-refractivity contribution in [2.45, 2.75) is 20.0 Å². The van der Waals surface area contributed by atoms with E-state index in [0.717, 1.165) is 23.6 Å². The van der Waals surface area contributed by atoms with E-state index in [9.17, 15) is 4.79 Å². The van der Waals surface area contributed by atoms with E-state index in [0.29, 0.717) is 6.54 Å². The largest absolute Gasteiger partial charge is 0.476 e. The Morgan fingerprint density at radius 3 is 2.94 bits per heavy atom. The average molecular weight is 262 g/mol. The summed E-state index contributed by atoms with van der Waals surface area (Å²) in [7, 11) is 0. The van der Waals surface area contributed by atoms with Crippen LogP contribution in [-0.4, -0.2) is 16.1 Å². The van der Waals surface area contributed by atoms with Gasteiger partial charge in [0, 0.05) is 18.5 Å². The molecule has 0 radical (unpaired) electrons. The van der Waals surface area contributed by atoms with E-state index in [-0.39, 0.29) is 5.01 Å². The Morgan fingerprint density at radius 1 is 1.44 bits per heavy atom. The van der Waals surface area contributed by atoms with Crippen molar-refractivity contribution in [3.63, 3.8) is 0 Å². The monoisotopic (exact) mass is 262 g/mol. The molecule has 1 aromatic carbocycles. The topological polar surface area (TPSA) is 62.2 Å². The molecule has 0 saturated heterocycles. The molecule has 0 bridgehead atoms. The van der Waals surface area contributed by atoms with Crippen molar-refractivity contribution in [1.29, 1.82) is 0 Å². The summed E-state index contributed by atoms with van der Waals surface area (Å²) in [5.74, 6) is -0.968. The van der Waals surface area contributed by atoms with Gasteiger partial charge in [-0.15, -0.1) is 11.3 Å². The molecule has 0 saturated carbocycles. The minimum atomic E-state index is -0.968. The minimum absolute atomic E-state index is 0.141. The van der Waals surface area contributed by atoms with Crippen molar-refractivity contribution in [3.05, 3.63) is 51.5 Å². The van der Waals surface area contributed by atoms with E-state index < -0.39 is 5.97 Å². The zero-order chi connectivity index (χ0) is 13.0. The van der Waals surface area contributed by atoms with E-state index in [4.69, 9.17) is 5.11 Å². The lowest BCUT2D eigenvalue weighted by Gasteiger charge is -2.03. The Hall–Kier alpha value is -1.72. The number of carbonyl (C=O) groups is 1. The molecule has 0 fully saturated rings. The number of aryl methyl sites for hydroxylation is 1. The van der Waals surface area contributed by atoms with Gasteiger partial charge in [0.05, 0.1) is 5.69 Å². The molecule has 1 aromatic heterocycles. The van der Waals surface area contributed by atoms with Crippen molar-refractivity contribution in [1.82, 2.24) is 10.3 Å². The van der Waals surface area contributed by atoms with Crippen LogP contribution in [-0.2, 0) is 13.1 Å². The van der Waals surface area contributed by atoms with Crippen molar-refractivity contribution in [2.75, 3.05) is 0 Å². The molecule has 1 heterocycles. The van der Waals surface area contributed by atoms with Crippen LogP contribution < -0.4 is 5.32 Å². The van der Waals surface area contributed by atoms with E-state index >= 15 is 0 Å². The third-order valence-corrected chi connectivity index (χ3v) is 3.33. The van der Waals surface area contributed by atoms with Crippen molar-refractivity contribution in [2.24, 2.45) is 0 Å². The Morgan fingerprint density at radius 2 is 2.28 bits per heavy atom. The summed E-state index contributed by atoms with van der Waals surface area (Å²) in [4.78, 5) is 14.7. The summed E-state index contributed by atoms with van der Waals surface area (Å²) in [6.07, 6.45) is 0. The van der Waals surface area contributed by atoms with Crippen molar-refractivity contribution in [3.8, 4) is 0 Å². The van der Waals surface area contributed by atoms with E-state index in [1.807, 2.05) is 6.07 Å². The molecular formula is C13H14N2O2S. The number of aromatic carboxylic acids is 1. The fourth-order valence-electron chi connectivity index (χ4n) is 1.64. The van der Waals surface area contributed by atoms with Gasteiger partial charge in [-0.3, -0.25) is 0 Å². The number of rotatable bonds is 5. The lowest BCUT2D eigenvalue weighted by atomic mass is 10.1. The molecule has 0 spiro atoms. The number of nitrogens with one attached hydrogen (secondary N) is 1. The first-order valence-electron chi connectivity index (χ1n) is 5.59. The Balaban J connectivity index is 1.86. The van der Waals surface area contributed by atoms with Crippen LogP contribution >= 0.6 is 11.3 Å². The van der Waals surface area contributed by atoms with E-state index in [1.54, 1.807) is 5.38 Å². The van der Waals surface area contributed by atoms with Gasteiger partial charge in [-0.05, 0) is 12.5 Å². The van der Waals surface area contributed by atoms with Crippen LogP contribution in [0, 0.1) is 6.92 Å². The number of hydrogen-bond acceptors (Lipinski definition) is 4. The number of aromatic nitrogens is 1. The van der Waals surface area contributed by atoms with Crippen LogP contribution in [0.1, 0.15) is 26.6 Å². The fourth-order valence-corrected chi connectivity index (χ4v) is 2.30. The summed E-state index contributed by atoms with van der Waals surface area (Å²) >= 11 is 1.16. The number of nitrogens with zero attached hydrogens (tertiary/aromatic N) is 1. The lowest BCUT2D eigenvalue weighted by molar-refractivity contribution is 0.0696. The Bertz CT molecular complexity index is 551. The summed E-state index contributed by atoms with van der Waals surface area (Å²) < 4.78 is 0. The van der Waals surface area contributed by atoms with Gasteiger partial charge in [-0.2, -0.15) is 0 Å². The number of carboxylic acid groups (broad SMARTS) is 1. The zero-order valence-corrected chi connectivity index (χ0v) is 10.8. The molecule has 4 nitrogen and oxygen atoms in total. The number of thiazole rings is 1. The maximum Gasteiger partial charge on any atom is 0.365 e. The van der Waals surface area contributed by atoms with Gasteiger partial charge in [-0.1, -0.05) is 29.8 Å². The number of carboxylic acids is 1. The third-order valence-electron chi connectivity index (χ3n) is 2.45. The van der Waals surface area contributed by atoms with Gasteiger partial charge in [-0.25, -0.2) is 9.78 Å². The highest BCUT2D eigenvalue weighted by molar-refractivity contribution is 7.11. The first kappa shape index (κ1) is 12.7. The highest BCUT2D eigenvalue weighted by Crippen LogP contribution is 2.10. The van der Waals surface area contributed by atoms with E-state index in [2.05, 4.69) is 35.4 Å². The molecule has 0 atom stereocenters. The maximum atomic E-state index is 10.7. The van der Waals surface area contributed by atoms with Gasteiger partial charge < -0.3 is 10.4 Å². The molecule has 0 aliphatic heterocycles. The molecule has 0 aliphatic rings. The van der Waals surface area contributed by atoms with E-state index in [1.165, 1.54) is 11.1 Å². The van der Waals surface area contributed by atoms with Crippen LogP contribution in [0.5, 0.6) is 0 Å². The predicted octanol–water partition coefficient (Wildman–Crippen LogP) is 2.44. The van der Waals surface area contributed by atoms with Gasteiger partial charge >= 0.3 is 5.97 Å². The SMILES string of the molecule is Cc1cccc(CNCc2csc(C(=O)O)n2)c1. The summed E-state index contributed by atoms with van der Waals surface area (Å²) in [6, 6.07) is 8.27. The van der Waals surface area contributed by atoms with Crippen LogP contribution in [0.25, 0.3) is 0 Å². The second-order valence-electron chi connectivity index (χ2n) is 4.04. The molecule has 18 heavy (non-hydrogen) atoms. The minimum Gasteiger partial charge on any atom is -0.476 e. The molecule has 2 aromatic rings. The molecule has 0 aliphatic carbocycles. The fraction of sp³-hybridized carbons (Fsp3) is 0.231. The first-order valence-corrected chi connectivity index (χ1v) is 6.47. The maximum absolute atomic E-state index is 10.7. The molecule has 0 amide bonds. The van der Waals surface area contributed by atoms with Gasteiger partial charge in [0.1, 0.15) is 0 Å². The average Bonchev–Trinajstić information content (AvgIpc) is 2.78. The molecule has 5 heteroatoms. The normalized spacial score (nSPS) is 10.5.